The summed E-state index contributed by atoms with van der Waals surface area (Å²) in [6, 6.07) is 11.2. The predicted molar refractivity (Wildman–Crippen MR) is 103 cm³/mol. The molecule has 0 unspecified atom stereocenters. The van der Waals surface area contributed by atoms with Gasteiger partial charge in [-0.15, -0.1) is 0 Å². The molecule has 1 rings (SSSR count). The molecule has 1 aromatic rings. The first-order valence-corrected chi connectivity index (χ1v) is 9.79. The van der Waals surface area contributed by atoms with Crippen LogP contribution in [0.5, 0.6) is 0 Å². The second-order valence-electron chi connectivity index (χ2n) is 6.53. The summed E-state index contributed by atoms with van der Waals surface area (Å²) >= 11 is 0. The van der Waals surface area contributed by atoms with Crippen LogP contribution in [0.1, 0.15) is 71.6 Å². The topological polar surface area (TPSA) is 15.3 Å². The Hall–Kier alpha value is -1.02. The van der Waals surface area contributed by atoms with Gasteiger partial charge < -0.3 is 10.2 Å². The molecule has 0 saturated heterocycles. The minimum atomic E-state index is 1.06. The van der Waals surface area contributed by atoms with Gasteiger partial charge in [0.15, 0.2) is 0 Å². The molecule has 0 aliphatic carbocycles. The first-order chi connectivity index (χ1) is 11.4. The molecule has 1 radical (unpaired) electrons. The smallest absolute Gasteiger partial charge is 0.0340 e. The second kappa shape index (κ2) is 14.6. The second-order valence-corrected chi connectivity index (χ2v) is 6.53. The number of unbranched alkanes of at least 4 members (excludes halogenated alkanes) is 6. The minimum absolute atomic E-state index is 1.06. The number of benzene rings is 1. The van der Waals surface area contributed by atoms with Crippen LogP contribution in [-0.2, 0) is 0 Å². The summed E-state index contributed by atoms with van der Waals surface area (Å²) in [6.07, 6.45) is 12.2. The maximum Gasteiger partial charge on any atom is 0.0340 e. The molecule has 0 bridgehead atoms. The van der Waals surface area contributed by atoms with E-state index in [2.05, 4.69) is 42.3 Å². The van der Waals surface area contributed by atoms with Gasteiger partial charge in [0, 0.05) is 12.2 Å². The van der Waals surface area contributed by atoms with Gasteiger partial charge in [-0.05, 0) is 57.1 Å². The van der Waals surface area contributed by atoms with Crippen molar-refractivity contribution in [1.29, 1.82) is 0 Å². The zero-order valence-corrected chi connectivity index (χ0v) is 15.4. The summed E-state index contributed by atoms with van der Waals surface area (Å²) < 4.78 is 0. The molecule has 0 spiro atoms. The van der Waals surface area contributed by atoms with Crippen LogP contribution in [-0.4, -0.2) is 31.1 Å². The lowest BCUT2D eigenvalue weighted by Gasteiger charge is -2.22. The predicted octanol–water partition coefficient (Wildman–Crippen LogP) is 5.75. The molecular formula is C21H37N2. The Bertz CT molecular complexity index is 338. The van der Waals surface area contributed by atoms with Crippen molar-refractivity contribution in [2.24, 2.45) is 0 Å². The van der Waals surface area contributed by atoms with Gasteiger partial charge in [0.05, 0.1) is 0 Å². The van der Waals surface area contributed by atoms with Gasteiger partial charge in [0.1, 0.15) is 0 Å². The Morgan fingerprint density at radius 1 is 0.783 bits per heavy atom. The molecule has 0 amide bonds. The summed E-state index contributed by atoms with van der Waals surface area (Å²) in [6.45, 7) is 9.43. The van der Waals surface area contributed by atoms with Crippen LogP contribution in [0.4, 0.5) is 5.69 Å². The molecule has 0 aromatic heterocycles. The fourth-order valence-corrected chi connectivity index (χ4v) is 2.90. The van der Waals surface area contributed by atoms with Crippen LogP contribution < -0.4 is 5.32 Å². The molecule has 1 aromatic carbocycles. The first kappa shape index (κ1) is 20.0. The Kier molecular flexibility index (Phi) is 12.7. The van der Waals surface area contributed by atoms with E-state index >= 15 is 0 Å². The van der Waals surface area contributed by atoms with Crippen LogP contribution >= 0.6 is 0 Å². The lowest BCUT2D eigenvalue weighted by atomic mass is 10.1. The fraction of sp³-hybridized carbons (Fsp3) is 0.714. The number of nitrogens with zero attached hydrogens (tertiary/aromatic N) is 1. The molecule has 23 heavy (non-hydrogen) atoms. The van der Waals surface area contributed by atoms with Gasteiger partial charge in [0.2, 0.25) is 0 Å². The Labute approximate surface area is 144 Å². The van der Waals surface area contributed by atoms with Crippen LogP contribution in [0.2, 0.25) is 0 Å². The molecule has 0 heterocycles. The van der Waals surface area contributed by atoms with Gasteiger partial charge in [-0.25, -0.2) is 0 Å². The van der Waals surface area contributed by atoms with Gasteiger partial charge in [-0.1, -0.05) is 64.5 Å². The zero-order chi connectivity index (χ0) is 16.6. The molecule has 1 N–H and O–H groups in total. The summed E-state index contributed by atoms with van der Waals surface area (Å²) in [5, 5.41) is 3.51. The Morgan fingerprint density at radius 2 is 1.35 bits per heavy atom. The van der Waals surface area contributed by atoms with Crippen LogP contribution in [0.15, 0.2) is 24.3 Å². The number of rotatable bonds is 15. The van der Waals surface area contributed by atoms with Crippen molar-refractivity contribution in [3.05, 3.63) is 30.3 Å². The van der Waals surface area contributed by atoms with E-state index in [0.29, 0.717) is 0 Å². The van der Waals surface area contributed by atoms with Gasteiger partial charge >= 0.3 is 0 Å². The largest absolute Gasteiger partial charge is 0.385 e. The number of hydrogen-bond donors (Lipinski definition) is 1. The van der Waals surface area contributed by atoms with Crippen molar-refractivity contribution < 1.29 is 0 Å². The summed E-state index contributed by atoms with van der Waals surface area (Å²) in [4.78, 5) is 2.69. The summed E-state index contributed by atoms with van der Waals surface area (Å²) in [5.74, 6) is 0. The number of nitrogens with one attached hydrogen (secondary N) is 1. The molecule has 2 heteroatoms. The molecule has 2 nitrogen and oxygen atoms in total. The van der Waals surface area contributed by atoms with Crippen LogP contribution in [0, 0.1) is 6.07 Å². The monoisotopic (exact) mass is 317 g/mol. The van der Waals surface area contributed by atoms with E-state index in [0.717, 1.165) is 6.54 Å². The van der Waals surface area contributed by atoms with Crippen molar-refractivity contribution >= 4 is 5.69 Å². The zero-order valence-electron chi connectivity index (χ0n) is 15.4. The van der Waals surface area contributed by atoms with Crippen molar-refractivity contribution in [2.45, 2.75) is 71.6 Å². The molecule has 0 saturated carbocycles. The van der Waals surface area contributed by atoms with E-state index in [1.807, 2.05) is 12.1 Å². The third-order valence-corrected chi connectivity index (χ3v) is 4.35. The molecule has 0 atom stereocenters. The average molecular weight is 318 g/mol. The molecular weight excluding hydrogens is 280 g/mol. The van der Waals surface area contributed by atoms with Gasteiger partial charge in [-0.2, -0.15) is 0 Å². The molecule has 131 valence electrons. The molecule has 0 fully saturated rings. The van der Waals surface area contributed by atoms with E-state index in [-0.39, 0.29) is 0 Å². The highest BCUT2D eigenvalue weighted by Crippen LogP contribution is 2.07. The van der Waals surface area contributed by atoms with E-state index in [9.17, 15) is 0 Å². The number of hydrogen-bond acceptors (Lipinski definition) is 2. The van der Waals surface area contributed by atoms with Gasteiger partial charge in [0.25, 0.3) is 0 Å². The summed E-state index contributed by atoms with van der Waals surface area (Å²) in [7, 11) is 0. The average Bonchev–Trinajstić information content (AvgIpc) is 2.59. The summed E-state index contributed by atoms with van der Waals surface area (Å²) in [5.41, 5.74) is 1.21. The van der Waals surface area contributed by atoms with E-state index < -0.39 is 0 Å². The Balaban J connectivity index is 2.18. The van der Waals surface area contributed by atoms with Gasteiger partial charge in [-0.3, -0.25) is 0 Å². The molecule has 0 aliphatic heterocycles. The third-order valence-electron chi connectivity index (χ3n) is 4.35. The van der Waals surface area contributed by atoms with Crippen LogP contribution in [0.3, 0.4) is 0 Å². The third kappa shape index (κ3) is 11.2. The first-order valence-electron chi connectivity index (χ1n) is 9.79. The highest BCUT2D eigenvalue weighted by atomic mass is 15.1. The quantitative estimate of drug-likeness (QED) is 0.414. The van der Waals surface area contributed by atoms with E-state index in [1.54, 1.807) is 0 Å². The number of anilines is 1. The molecule has 0 aliphatic rings. The van der Waals surface area contributed by atoms with E-state index in [4.69, 9.17) is 0 Å². The van der Waals surface area contributed by atoms with Crippen LogP contribution in [0.25, 0.3) is 0 Å². The lowest BCUT2D eigenvalue weighted by Crippen LogP contribution is -2.28. The highest BCUT2D eigenvalue weighted by molar-refractivity contribution is 5.41. The van der Waals surface area contributed by atoms with Crippen molar-refractivity contribution in [3.63, 3.8) is 0 Å². The van der Waals surface area contributed by atoms with Crippen molar-refractivity contribution in [1.82, 2.24) is 4.90 Å². The SMILES string of the molecule is CCCCCCN(CCCCCC)CCCNc1cc[c]cc1. The lowest BCUT2D eigenvalue weighted by molar-refractivity contribution is 0.260. The fourth-order valence-electron chi connectivity index (χ4n) is 2.90. The minimum Gasteiger partial charge on any atom is -0.385 e. The van der Waals surface area contributed by atoms with E-state index in [1.165, 1.54) is 83.1 Å². The van der Waals surface area contributed by atoms with Crippen molar-refractivity contribution in [3.8, 4) is 0 Å². The standard InChI is InChI=1S/C21H37N2/c1-3-5-7-12-18-23(19-13-8-6-4-2)20-14-17-22-21-15-10-9-11-16-21/h10-11,15-16,22H,3-8,12-14,17-20H2,1-2H3. The Morgan fingerprint density at radius 3 is 1.91 bits per heavy atom. The normalized spacial score (nSPS) is 11.1. The van der Waals surface area contributed by atoms with Crippen molar-refractivity contribution in [2.75, 3.05) is 31.5 Å². The maximum atomic E-state index is 3.51. The maximum absolute atomic E-state index is 3.51. The highest BCUT2D eigenvalue weighted by Gasteiger charge is 2.04.